The van der Waals surface area contributed by atoms with Crippen molar-refractivity contribution >= 4 is 52.1 Å². The van der Waals surface area contributed by atoms with Crippen molar-refractivity contribution in [3.8, 4) is 33.8 Å². The smallest absolute Gasteiger partial charge is 0.276 e. The van der Waals surface area contributed by atoms with Gasteiger partial charge in [0.1, 0.15) is 17.1 Å². The summed E-state index contributed by atoms with van der Waals surface area (Å²) in [5.74, 6) is -0.798. The molecule has 93 heavy (non-hydrogen) atoms. The summed E-state index contributed by atoms with van der Waals surface area (Å²) in [5, 5.41) is 12.0. The molecule has 12 rings (SSSR count). The summed E-state index contributed by atoms with van der Waals surface area (Å²) in [7, 11) is 6.24. The van der Waals surface area contributed by atoms with Crippen LogP contribution in [-0.2, 0) is 0 Å². The number of carbonyl (C=O) groups excluding carboxylic acids is 4. The average Bonchev–Trinajstić information content (AvgIpc) is 0.857. The molecular formula is C74H93N15O4. The summed E-state index contributed by atoms with van der Waals surface area (Å²) in [6.07, 6.45) is 6.05. The van der Waals surface area contributed by atoms with Crippen LogP contribution in [0.25, 0.3) is 45.2 Å². The van der Waals surface area contributed by atoms with Crippen molar-refractivity contribution < 1.29 is 29.2 Å². The van der Waals surface area contributed by atoms with Crippen LogP contribution in [0, 0.1) is 20.8 Å². The Bertz CT molecular complexity index is 4100. The normalized spacial score (nSPS) is 14.6. The molecule has 3 fully saturated rings. The van der Waals surface area contributed by atoms with Crippen molar-refractivity contribution in [3.05, 3.63) is 246 Å². The number of aryl methyl sites for hydroxylation is 3. The van der Waals surface area contributed by atoms with E-state index in [1.54, 1.807) is 39.4 Å². The van der Waals surface area contributed by atoms with Gasteiger partial charge in [-0.05, 0) is 108 Å². The first-order valence-corrected chi connectivity index (χ1v) is 31.2. The zero-order valence-electron chi connectivity index (χ0n) is 53.6. The van der Waals surface area contributed by atoms with Gasteiger partial charge < -0.3 is 45.8 Å². The number of hydrogen-bond donors (Lipinski definition) is 4. The fourth-order valence-corrected chi connectivity index (χ4v) is 10.9. The summed E-state index contributed by atoms with van der Waals surface area (Å²) in [6, 6.07) is 51.9. The van der Waals surface area contributed by atoms with Gasteiger partial charge in [0.05, 0.1) is 52.8 Å². The third-order valence-corrected chi connectivity index (χ3v) is 16.6. The summed E-state index contributed by atoms with van der Waals surface area (Å²) in [5.41, 5.74) is 14.3. The number of amides is 4. The molecule has 3 saturated heterocycles. The maximum Gasteiger partial charge on any atom is 0.276 e. The number of likely N-dealkylation sites (N-methyl/N-ethyl adjacent to an activating group) is 2. The highest BCUT2D eigenvalue weighted by molar-refractivity contribution is 6.05. The largest absolute Gasteiger partial charge is 0.369 e. The lowest BCUT2D eigenvalue weighted by molar-refractivity contribution is 0.0782. The first-order chi connectivity index (χ1) is 45.0. The number of piperazine rings is 2. The predicted octanol–water partition coefficient (Wildman–Crippen LogP) is 12.7. The second-order valence-electron chi connectivity index (χ2n) is 23.3. The molecule has 4 N–H and O–H groups in total. The Labute approximate surface area is 554 Å². The van der Waals surface area contributed by atoms with Crippen LogP contribution in [0.2, 0.25) is 0 Å². The van der Waals surface area contributed by atoms with Crippen LogP contribution in [0.5, 0.6) is 0 Å². The van der Waals surface area contributed by atoms with Crippen molar-refractivity contribution in [2.24, 2.45) is 0 Å². The molecule has 0 bridgehead atoms. The Morgan fingerprint density at radius 1 is 0.462 bits per heavy atom. The van der Waals surface area contributed by atoms with Gasteiger partial charge >= 0.3 is 0 Å². The Morgan fingerprint density at radius 3 is 1.15 bits per heavy atom. The molecule has 6 aromatic carbocycles. The van der Waals surface area contributed by atoms with Crippen molar-refractivity contribution in [2.45, 2.75) is 33.2 Å². The second kappa shape index (κ2) is 30.9. The lowest BCUT2D eigenvalue weighted by Gasteiger charge is -2.35. The molecule has 19 heteroatoms. The summed E-state index contributed by atoms with van der Waals surface area (Å²) < 4.78 is 0. The minimum absolute atomic E-state index is 0. The molecule has 1 atom stereocenters. The highest BCUT2D eigenvalue weighted by atomic mass is 16.2. The number of anilines is 3. The average molecular weight is 1260 g/mol. The molecule has 0 saturated carbocycles. The molecule has 3 aliphatic rings. The first-order valence-electron chi connectivity index (χ1n) is 31.2. The molecular weight excluding hydrogens is 1160 g/mol. The van der Waals surface area contributed by atoms with Crippen molar-refractivity contribution in [2.75, 3.05) is 103 Å². The van der Waals surface area contributed by atoms with Gasteiger partial charge in [0.15, 0.2) is 0 Å². The molecule has 6 heterocycles. The monoisotopic (exact) mass is 1260 g/mol. The number of carbonyl (C=O) groups is 4. The molecule has 0 aliphatic carbocycles. The maximum absolute atomic E-state index is 12.9. The van der Waals surface area contributed by atoms with Gasteiger partial charge in [-0.3, -0.25) is 34.1 Å². The van der Waals surface area contributed by atoms with Crippen LogP contribution in [-0.4, -0.2) is 171 Å². The van der Waals surface area contributed by atoms with Gasteiger partial charge in [-0.15, -0.1) is 0 Å². The van der Waals surface area contributed by atoms with Crippen LogP contribution < -0.4 is 21.3 Å². The van der Waals surface area contributed by atoms with E-state index in [0.717, 1.165) is 122 Å². The Hall–Kier alpha value is -10.6. The van der Waals surface area contributed by atoms with Gasteiger partial charge in [-0.2, -0.15) is 0 Å². The van der Waals surface area contributed by atoms with E-state index in [1.165, 1.54) is 0 Å². The van der Waals surface area contributed by atoms with Crippen molar-refractivity contribution in [1.82, 2.24) is 59.7 Å². The number of para-hydroxylation sites is 3. The van der Waals surface area contributed by atoms with Crippen molar-refractivity contribution in [3.63, 3.8) is 0 Å². The van der Waals surface area contributed by atoms with Gasteiger partial charge in [-0.1, -0.05) is 128 Å². The van der Waals surface area contributed by atoms with Crippen LogP contribution in [0.3, 0.4) is 0 Å². The van der Waals surface area contributed by atoms with Gasteiger partial charge in [0, 0.05) is 132 Å². The topological polar surface area (TPSA) is 210 Å². The SMILES string of the molecule is C=C(c1ccc(-c2cnc(C)c(C(=O)Nc3ccccc3)n2)cc1)N1CCN(C)CC1.C=C(c1ccc(-c2cnc(C)c(C(=O)Nc3ccccc3)n2)cc1)N1CCNCC1.Cc1ncc(-c2ccc(C(=O)N3CC[C@@H](N(C)C)C3)cc2)nc1C(=O)Nc1ccccc1.[HH].[HH].[HH].[HH].[HH].[HH].[HH]. The van der Waals surface area contributed by atoms with E-state index in [4.69, 9.17) is 0 Å². The van der Waals surface area contributed by atoms with E-state index in [9.17, 15) is 19.2 Å². The highest BCUT2D eigenvalue weighted by Gasteiger charge is 2.28. The van der Waals surface area contributed by atoms with Crippen LogP contribution >= 0.6 is 0 Å². The zero-order valence-corrected chi connectivity index (χ0v) is 53.6. The van der Waals surface area contributed by atoms with E-state index in [1.807, 2.05) is 171 Å². The standard InChI is InChI=1S/C25H27N5O2.C25H27N5O.C24H25N5O.7H2/c1-17-23(24(31)27-20-7-5-4-6-8-20)28-22(15-26-17)18-9-11-19(12-10-18)25(32)30-14-13-21(16-30)29(2)3;1-18-24(25(31)27-22-7-5-4-6-8-22)28-23(17-26-18)21-11-9-20(10-12-21)19(2)30-15-13-29(3)14-16-30;1-17-23(24(30)27-21-6-4-3-5-7-21)28-22(16-26-17)20-10-8-19(9-11-20)18(2)29-14-12-25-13-15-29;;;;;;;/h4-12,15,21H,13-14,16H2,1-3H3,(H,27,31);4-12,17H,2,13-16H2,1,3H3,(H,27,31);3-11,16,25H,2,12-15H2,1H3,(H,27,30);7*1H/t21-;;;;;;;;;/m1........./s1. The lowest BCUT2D eigenvalue weighted by atomic mass is 10.1. The highest BCUT2D eigenvalue weighted by Crippen LogP contribution is 2.27. The van der Waals surface area contributed by atoms with Gasteiger partial charge in [0.2, 0.25) is 0 Å². The number of nitrogens with zero attached hydrogens (tertiary/aromatic N) is 11. The first kappa shape index (κ1) is 65.4. The molecule has 0 unspecified atom stereocenters. The predicted molar refractivity (Wildman–Crippen MR) is 384 cm³/mol. The summed E-state index contributed by atoms with van der Waals surface area (Å²) >= 11 is 0. The fourth-order valence-electron chi connectivity index (χ4n) is 10.9. The Balaban J connectivity index is 0.000000377. The third kappa shape index (κ3) is 17.1. The summed E-state index contributed by atoms with van der Waals surface area (Å²) in [6.45, 7) is 23.3. The number of aromatic nitrogens is 6. The maximum atomic E-state index is 12.9. The van der Waals surface area contributed by atoms with E-state index in [-0.39, 0.29) is 39.3 Å². The molecule has 3 aliphatic heterocycles. The molecule has 0 spiro atoms. The fraction of sp³-hybridized carbons (Fsp3) is 0.243. The molecule has 488 valence electrons. The molecule has 9 aromatic rings. The van der Waals surface area contributed by atoms with E-state index >= 15 is 0 Å². The quantitative estimate of drug-likeness (QED) is 0.0752. The van der Waals surface area contributed by atoms with E-state index < -0.39 is 0 Å². The number of nitrogens with one attached hydrogen (secondary N) is 4. The van der Waals surface area contributed by atoms with E-state index in [2.05, 4.69) is 103 Å². The minimum atomic E-state index is -0.306. The van der Waals surface area contributed by atoms with E-state index in [0.29, 0.717) is 62.8 Å². The summed E-state index contributed by atoms with van der Waals surface area (Å²) in [4.78, 5) is 88.9. The third-order valence-electron chi connectivity index (χ3n) is 16.6. The lowest BCUT2D eigenvalue weighted by Crippen LogP contribution is -2.43. The van der Waals surface area contributed by atoms with Crippen LogP contribution in [0.4, 0.5) is 17.1 Å². The molecule has 19 nitrogen and oxygen atoms in total. The minimum Gasteiger partial charge on any atom is -0.369 e. The van der Waals surface area contributed by atoms with Crippen LogP contribution in [0.15, 0.2) is 196 Å². The number of benzene rings is 6. The molecule has 4 amide bonds. The Morgan fingerprint density at radius 2 is 0.806 bits per heavy atom. The second-order valence-corrected chi connectivity index (χ2v) is 23.3. The molecule has 3 aromatic heterocycles. The van der Waals surface area contributed by atoms with Gasteiger partial charge in [-0.25, -0.2) is 15.0 Å². The number of likely N-dealkylation sites (tertiary alicyclic amines) is 1. The van der Waals surface area contributed by atoms with Gasteiger partial charge in [0.25, 0.3) is 23.6 Å². The Kier molecular flexibility index (Phi) is 21.7. The number of hydrogen-bond acceptors (Lipinski definition) is 15. The number of rotatable bonds is 15. The van der Waals surface area contributed by atoms with Crippen LogP contribution in [0.1, 0.15) is 86.4 Å². The van der Waals surface area contributed by atoms with Crippen molar-refractivity contribution in [1.29, 1.82) is 0 Å². The molecule has 0 radical (unpaired) electrons. The zero-order chi connectivity index (χ0) is 65.4.